The van der Waals surface area contributed by atoms with Gasteiger partial charge in [-0.15, -0.1) is 0 Å². The summed E-state index contributed by atoms with van der Waals surface area (Å²) in [4.78, 5) is 11.8. The molecule has 1 aromatic carbocycles. The van der Waals surface area contributed by atoms with Crippen molar-refractivity contribution in [3.63, 3.8) is 0 Å². The first-order valence-corrected chi connectivity index (χ1v) is 5.42. The highest BCUT2D eigenvalue weighted by atomic mass is 19.1. The van der Waals surface area contributed by atoms with Crippen LogP contribution in [0.4, 0.5) is 4.39 Å². The van der Waals surface area contributed by atoms with E-state index in [0.717, 1.165) is 5.56 Å². The van der Waals surface area contributed by atoms with E-state index in [0.29, 0.717) is 25.1 Å². The van der Waals surface area contributed by atoms with E-state index in [2.05, 4.69) is 5.10 Å². The minimum atomic E-state index is -0.302. The summed E-state index contributed by atoms with van der Waals surface area (Å²) < 4.78 is 14.4. The molecule has 2 rings (SSSR count). The van der Waals surface area contributed by atoms with Gasteiger partial charge >= 0.3 is 0 Å². The first-order valence-electron chi connectivity index (χ1n) is 5.42. The predicted molar refractivity (Wildman–Crippen MR) is 63.3 cm³/mol. The molecule has 1 aromatic heterocycles. The number of aromatic nitrogens is 2. The van der Waals surface area contributed by atoms with E-state index in [4.69, 9.17) is 5.73 Å². The zero-order chi connectivity index (χ0) is 12.3. The van der Waals surface area contributed by atoms with Gasteiger partial charge in [0.2, 0.25) is 0 Å². The Labute approximate surface area is 97.9 Å². The highest BCUT2D eigenvalue weighted by Crippen LogP contribution is 2.04. The lowest BCUT2D eigenvalue weighted by Crippen LogP contribution is -2.21. The van der Waals surface area contributed by atoms with Crippen molar-refractivity contribution < 1.29 is 4.39 Å². The molecule has 0 spiro atoms. The van der Waals surface area contributed by atoms with Gasteiger partial charge in [0.05, 0.1) is 6.54 Å². The number of nitrogens with two attached hydrogens (primary N) is 1. The summed E-state index contributed by atoms with van der Waals surface area (Å²) in [5, 5.41) is 2.85. The molecule has 0 fully saturated rings. The van der Waals surface area contributed by atoms with E-state index in [1.807, 2.05) is 0 Å². The summed E-state index contributed by atoms with van der Waals surface area (Å²) in [6.45, 7) is 0.772. The lowest BCUT2D eigenvalue weighted by Gasteiger charge is -2.01. The van der Waals surface area contributed by atoms with Crippen molar-refractivity contribution in [2.24, 2.45) is 5.73 Å². The highest BCUT2D eigenvalue weighted by molar-refractivity contribution is 5.17. The van der Waals surface area contributed by atoms with Gasteiger partial charge in [-0.2, -0.15) is 0 Å². The molecule has 0 aliphatic heterocycles. The fourth-order valence-corrected chi connectivity index (χ4v) is 1.72. The van der Waals surface area contributed by atoms with Crippen molar-refractivity contribution in [1.29, 1.82) is 0 Å². The second-order valence-corrected chi connectivity index (χ2v) is 3.86. The molecular weight excluding hydrogens is 221 g/mol. The molecule has 0 saturated carbocycles. The van der Waals surface area contributed by atoms with Crippen molar-refractivity contribution in [2.45, 2.75) is 13.0 Å². The van der Waals surface area contributed by atoms with Crippen LogP contribution in [0.5, 0.6) is 0 Å². The van der Waals surface area contributed by atoms with Crippen molar-refractivity contribution in [1.82, 2.24) is 9.78 Å². The number of nitrogens with one attached hydrogen (secondary N) is 1. The van der Waals surface area contributed by atoms with Crippen molar-refractivity contribution in [3.05, 3.63) is 57.8 Å². The van der Waals surface area contributed by atoms with Gasteiger partial charge in [-0.3, -0.25) is 4.79 Å². The van der Waals surface area contributed by atoms with Crippen LogP contribution in [0.15, 0.2) is 35.3 Å². The molecule has 0 saturated heterocycles. The van der Waals surface area contributed by atoms with Crippen LogP contribution in [0.2, 0.25) is 0 Å². The predicted octanol–water partition coefficient (Wildman–Crippen LogP) is 0.865. The number of hydrogen-bond donors (Lipinski definition) is 2. The van der Waals surface area contributed by atoms with Gasteiger partial charge in [0.1, 0.15) is 5.82 Å². The zero-order valence-corrected chi connectivity index (χ0v) is 9.32. The Bertz CT molecular complexity index is 559. The van der Waals surface area contributed by atoms with Crippen LogP contribution in [-0.4, -0.2) is 16.3 Å². The quantitative estimate of drug-likeness (QED) is 0.825. The fourth-order valence-electron chi connectivity index (χ4n) is 1.72. The van der Waals surface area contributed by atoms with Crippen molar-refractivity contribution >= 4 is 0 Å². The fraction of sp³-hybridized carbons (Fsp3) is 0.250. The van der Waals surface area contributed by atoms with Crippen LogP contribution < -0.4 is 11.3 Å². The highest BCUT2D eigenvalue weighted by Gasteiger charge is 2.05. The molecule has 0 atom stereocenters. The average molecular weight is 235 g/mol. The zero-order valence-electron chi connectivity index (χ0n) is 9.32. The lowest BCUT2D eigenvalue weighted by molar-refractivity contribution is 0.616. The van der Waals surface area contributed by atoms with Crippen LogP contribution in [0.3, 0.4) is 0 Å². The molecule has 0 amide bonds. The number of rotatable bonds is 4. The van der Waals surface area contributed by atoms with Crippen LogP contribution in [0.25, 0.3) is 0 Å². The monoisotopic (exact) mass is 235 g/mol. The first-order chi connectivity index (χ1) is 8.20. The number of benzene rings is 1. The van der Waals surface area contributed by atoms with E-state index in [1.54, 1.807) is 18.3 Å². The molecule has 4 nitrogen and oxygen atoms in total. The molecule has 0 radical (unpaired) electrons. The molecule has 90 valence electrons. The third-order valence-corrected chi connectivity index (χ3v) is 2.56. The van der Waals surface area contributed by atoms with E-state index in [-0.39, 0.29) is 11.4 Å². The molecule has 3 N–H and O–H groups in total. The second kappa shape index (κ2) is 4.97. The number of aromatic amines is 1. The number of nitrogens with zero attached hydrogens (tertiary/aromatic N) is 1. The Hall–Kier alpha value is -1.88. The van der Waals surface area contributed by atoms with E-state index in [1.165, 1.54) is 16.8 Å². The summed E-state index contributed by atoms with van der Waals surface area (Å²) in [5.41, 5.74) is 6.70. The molecule has 0 aliphatic rings. The van der Waals surface area contributed by atoms with Gasteiger partial charge in [0, 0.05) is 11.8 Å². The maximum absolute atomic E-state index is 13.0. The Morgan fingerprint density at radius 2 is 2.24 bits per heavy atom. The summed E-state index contributed by atoms with van der Waals surface area (Å²) >= 11 is 0. The number of hydrogen-bond acceptors (Lipinski definition) is 2. The normalized spacial score (nSPS) is 10.7. The van der Waals surface area contributed by atoms with Crippen molar-refractivity contribution in [3.8, 4) is 0 Å². The summed E-state index contributed by atoms with van der Waals surface area (Å²) in [6, 6.07) is 6.19. The van der Waals surface area contributed by atoms with E-state index >= 15 is 0 Å². The summed E-state index contributed by atoms with van der Waals surface area (Å²) in [6.07, 6.45) is 2.19. The standard InChI is InChI=1S/C12H14FN3O/c13-11-3-1-2-9(6-11)8-16-12(17)10(4-5-14)7-15-16/h1-3,6-7,15H,4-5,8,14H2. The average Bonchev–Trinajstić information content (AvgIpc) is 2.62. The largest absolute Gasteiger partial charge is 0.330 e. The SMILES string of the molecule is NCCc1c[nH]n(Cc2cccc(F)c2)c1=O. The second-order valence-electron chi connectivity index (χ2n) is 3.86. The van der Waals surface area contributed by atoms with Gasteiger partial charge in [-0.05, 0) is 30.7 Å². The van der Waals surface area contributed by atoms with Crippen LogP contribution in [-0.2, 0) is 13.0 Å². The molecule has 0 unspecified atom stereocenters. The van der Waals surface area contributed by atoms with Gasteiger partial charge in [0.25, 0.3) is 5.56 Å². The Morgan fingerprint density at radius 3 is 2.94 bits per heavy atom. The Morgan fingerprint density at radius 1 is 1.41 bits per heavy atom. The van der Waals surface area contributed by atoms with Gasteiger partial charge in [-0.1, -0.05) is 12.1 Å². The maximum Gasteiger partial charge on any atom is 0.269 e. The first kappa shape index (κ1) is 11.6. The molecule has 17 heavy (non-hydrogen) atoms. The molecular formula is C12H14FN3O. The van der Waals surface area contributed by atoms with E-state index in [9.17, 15) is 9.18 Å². The van der Waals surface area contributed by atoms with Gasteiger partial charge in [0.15, 0.2) is 0 Å². The molecule has 5 heteroatoms. The van der Waals surface area contributed by atoms with Crippen LogP contribution >= 0.6 is 0 Å². The maximum atomic E-state index is 13.0. The Balaban J connectivity index is 2.22. The third-order valence-electron chi connectivity index (χ3n) is 2.56. The lowest BCUT2D eigenvalue weighted by atomic mass is 10.2. The molecule has 0 aliphatic carbocycles. The van der Waals surface area contributed by atoms with Gasteiger partial charge < -0.3 is 10.8 Å². The molecule has 2 aromatic rings. The van der Waals surface area contributed by atoms with Crippen LogP contribution in [0.1, 0.15) is 11.1 Å². The smallest absolute Gasteiger partial charge is 0.269 e. The minimum Gasteiger partial charge on any atom is -0.330 e. The Kier molecular flexibility index (Phi) is 3.39. The molecule has 1 heterocycles. The topological polar surface area (TPSA) is 63.8 Å². The summed E-state index contributed by atoms with van der Waals surface area (Å²) in [5.74, 6) is -0.302. The number of halogens is 1. The number of H-pyrrole nitrogens is 1. The minimum absolute atomic E-state index is 0.0975. The van der Waals surface area contributed by atoms with E-state index < -0.39 is 0 Å². The third kappa shape index (κ3) is 2.62. The van der Waals surface area contributed by atoms with Gasteiger partial charge in [-0.25, -0.2) is 9.07 Å². The molecule has 0 bridgehead atoms. The van der Waals surface area contributed by atoms with Crippen LogP contribution in [0, 0.1) is 5.82 Å². The van der Waals surface area contributed by atoms with Crippen molar-refractivity contribution in [2.75, 3.05) is 6.54 Å². The summed E-state index contributed by atoms with van der Waals surface area (Å²) in [7, 11) is 0.